The van der Waals surface area contributed by atoms with Crippen molar-refractivity contribution in [3.05, 3.63) is 39.7 Å². The Kier molecular flexibility index (Phi) is 3.19. The van der Waals surface area contributed by atoms with E-state index in [-0.39, 0.29) is 5.91 Å². The first kappa shape index (κ1) is 13.1. The summed E-state index contributed by atoms with van der Waals surface area (Å²) < 4.78 is 1.05. The lowest BCUT2D eigenvalue weighted by molar-refractivity contribution is 0.103. The number of nitrogens with two attached hydrogens (primary N) is 1. The van der Waals surface area contributed by atoms with E-state index in [0.29, 0.717) is 15.7 Å². The van der Waals surface area contributed by atoms with Crippen LogP contribution in [0, 0.1) is 13.8 Å². The lowest BCUT2D eigenvalue weighted by atomic mass is 10.2. The molecule has 0 saturated carbocycles. The van der Waals surface area contributed by atoms with Crippen LogP contribution in [0.15, 0.2) is 24.3 Å². The van der Waals surface area contributed by atoms with E-state index in [2.05, 4.69) is 10.3 Å². The fourth-order valence-corrected chi connectivity index (χ4v) is 3.61. The first-order valence-electron chi connectivity index (χ1n) is 6.07. The smallest absolute Gasteiger partial charge is 0.267 e. The minimum atomic E-state index is -0.126. The standard InChI is InChI=1S/C14H13N3OS2/c1-7-8(2)19-14(16-7)17-13(18)12-6-9-5-10(15)3-4-11(9)20-12/h3-6H,15H2,1-2H3,(H,16,17,18). The second-order valence-corrected chi connectivity index (χ2v) is 6.81. The first-order chi connectivity index (χ1) is 9.52. The van der Waals surface area contributed by atoms with Crippen LogP contribution >= 0.6 is 22.7 Å². The summed E-state index contributed by atoms with van der Waals surface area (Å²) in [6.45, 7) is 3.93. The van der Waals surface area contributed by atoms with Crippen LogP contribution < -0.4 is 11.1 Å². The number of aromatic nitrogens is 1. The summed E-state index contributed by atoms with van der Waals surface area (Å²) in [7, 11) is 0. The number of nitrogen functional groups attached to an aromatic ring is 1. The van der Waals surface area contributed by atoms with Crippen molar-refractivity contribution in [1.82, 2.24) is 4.98 Å². The second-order valence-electron chi connectivity index (χ2n) is 4.52. The fraction of sp³-hybridized carbons (Fsp3) is 0.143. The summed E-state index contributed by atoms with van der Waals surface area (Å²) in [4.78, 5) is 18.3. The summed E-state index contributed by atoms with van der Waals surface area (Å²) in [5.41, 5.74) is 7.40. The van der Waals surface area contributed by atoms with Gasteiger partial charge in [-0.15, -0.1) is 22.7 Å². The van der Waals surface area contributed by atoms with Crippen molar-refractivity contribution in [3.8, 4) is 0 Å². The SMILES string of the molecule is Cc1nc(NC(=O)c2cc3cc(N)ccc3s2)sc1C. The molecule has 0 radical (unpaired) electrons. The maximum Gasteiger partial charge on any atom is 0.267 e. The van der Waals surface area contributed by atoms with Gasteiger partial charge in [0.15, 0.2) is 5.13 Å². The lowest BCUT2D eigenvalue weighted by Gasteiger charge is -1.97. The molecule has 102 valence electrons. The van der Waals surface area contributed by atoms with Gasteiger partial charge in [-0.3, -0.25) is 10.1 Å². The topological polar surface area (TPSA) is 68.0 Å². The number of anilines is 2. The van der Waals surface area contributed by atoms with E-state index in [4.69, 9.17) is 5.73 Å². The third kappa shape index (κ3) is 2.39. The third-order valence-electron chi connectivity index (χ3n) is 3.01. The van der Waals surface area contributed by atoms with Crippen LogP contribution in [0.3, 0.4) is 0 Å². The molecule has 3 N–H and O–H groups in total. The van der Waals surface area contributed by atoms with Gasteiger partial charge < -0.3 is 5.73 Å². The number of nitrogens with zero attached hydrogens (tertiary/aromatic N) is 1. The summed E-state index contributed by atoms with van der Waals surface area (Å²) in [5.74, 6) is -0.126. The number of thiophene rings is 1. The van der Waals surface area contributed by atoms with Crippen molar-refractivity contribution in [3.63, 3.8) is 0 Å². The number of benzene rings is 1. The van der Waals surface area contributed by atoms with Crippen molar-refractivity contribution in [2.75, 3.05) is 11.1 Å². The Morgan fingerprint density at radius 1 is 1.25 bits per heavy atom. The molecule has 0 aliphatic heterocycles. The Labute approximate surface area is 124 Å². The van der Waals surface area contributed by atoms with Gasteiger partial charge in [0, 0.05) is 15.3 Å². The van der Waals surface area contributed by atoms with E-state index < -0.39 is 0 Å². The van der Waals surface area contributed by atoms with Crippen LogP contribution in [0.4, 0.5) is 10.8 Å². The summed E-state index contributed by atoms with van der Waals surface area (Å²) in [5, 5.41) is 4.48. The van der Waals surface area contributed by atoms with Gasteiger partial charge >= 0.3 is 0 Å². The number of carbonyl (C=O) groups is 1. The maximum absolute atomic E-state index is 12.2. The molecule has 6 heteroatoms. The number of amides is 1. The zero-order valence-corrected chi connectivity index (χ0v) is 12.7. The van der Waals surface area contributed by atoms with Crippen molar-refractivity contribution in [2.45, 2.75) is 13.8 Å². The van der Waals surface area contributed by atoms with Gasteiger partial charge in [-0.05, 0) is 43.5 Å². The molecular formula is C14H13N3OS2. The van der Waals surface area contributed by atoms with Crippen LogP contribution in [0.2, 0.25) is 0 Å². The van der Waals surface area contributed by atoms with Crippen molar-refractivity contribution in [1.29, 1.82) is 0 Å². The Balaban J connectivity index is 1.88. The number of carbonyl (C=O) groups excluding carboxylic acids is 1. The molecule has 0 aliphatic carbocycles. The molecule has 2 heterocycles. The molecule has 0 spiro atoms. The van der Waals surface area contributed by atoms with Gasteiger partial charge in [0.25, 0.3) is 5.91 Å². The average molecular weight is 303 g/mol. The molecule has 20 heavy (non-hydrogen) atoms. The van der Waals surface area contributed by atoms with Crippen LogP contribution in [-0.2, 0) is 0 Å². The Morgan fingerprint density at radius 3 is 2.75 bits per heavy atom. The van der Waals surface area contributed by atoms with E-state index in [1.165, 1.54) is 22.7 Å². The number of hydrogen-bond acceptors (Lipinski definition) is 5. The Hall–Kier alpha value is -1.92. The summed E-state index contributed by atoms with van der Waals surface area (Å²) in [6.07, 6.45) is 0. The van der Waals surface area contributed by atoms with E-state index >= 15 is 0 Å². The number of fused-ring (bicyclic) bond motifs is 1. The molecule has 0 unspecified atom stereocenters. The van der Waals surface area contributed by atoms with Crippen molar-refractivity contribution in [2.24, 2.45) is 0 Å². The molecule has 0 bridgehead atoms. The number of thiazole rings is 1. The zero-order valence-electron chi connectivity index (χ0n) is 11.1. The second kappa shape index (κ2) is 4.88. The van der Waals surface area contributed by atoms with E-state index in [0.717, 1.165) is 20.7 Å². The highest BCUT2D eigenvalue weighted by Gasteiger charge is 2.13. The predicted octanol–water partition coefficient (Wildman–Crippen LogP) is 3.81. The molecule has 0 saturated heterocycles. The largest absolute Gasteiger partial charge is 0.399 e. The van der Waals surface area contributed by atoms with Gasteiger partial charge in [0.1, 0.15) is 0 Å². The number of rotatable bonds is 2. The lowest BCUT2D eigenvalue weighted by Crippen LogP contribution is -2.09. The maximum atomic E-state index is 12.2. The van der Waals surface area contributed by atoms with Gasteiger partial charge in [0.2, 0.25) is 0 Å². The minimum Gasteiger partial charge on any atom is -0.399 e. The third-order valence-corrected chi connectivity index (χ3v) is 5.12. The molecule has 3 aromatic rings. The van der Waals surface area contributed by atoms with E-state index in [1.54, 1.807) is 0 Å². The molecule has 1 amide bonds. The number of nitrogens with one attached hydrogen (secondary N) is 1. The number of hydrogen-bond donors (Lipinski definition) is 2. The Morgan fingerprint density at radius 2 is 2.05 bits per heavy atom. The minimum absolute atomic E-state index is 0.126. The van der Waals surface area contributed by atoms with Gasteiger partial charge in [-0.2, -0.15) is 0 Å². The molecular weight excluding hydrogens is 290 g/mol. The highest BCUT2D eigenvalue weighted by atomic mass is 32.1. The Bertz CT molecular complexity index is 784. The molecule has 0 atom stereocenters. The highest BCUT2D eigenvalue weighted by Crippen LogP contribution is 2.28. The van der Waals surface area contributed by atoms with Crippen molar-refractivity contribution >= 4 is 49.5 Å². The van der Waals surface area contributed by atoms with Gasteiger partial charge in [-0.25, -0.2) is 4.98 Å². The summed E-state index contributed by atoms with van der Waals surface area (Å²) >= 11 is 2.94. The molecule has 4 nitrogen and oxygen atoms in total. The quantitative estimate of drug-likeness (QED) is 0.707. The highest BCUT2D eigenvalue weighted by molar-refractivity contribution is 7.21. The number of aryl methyl sites for hydroxylation is 2. The van der Waals surface area contributed by atoms with Crippen LogP contribution in [0.5, 0.6) is 0 Å². The zero-order chi connectivity index (χ0) is 14.3. The van der Waals surface area contributed by atoms with Crippen LogP contribution in [-0.4, -0.2) is 10.9 Å². The van der Waals surface area contributed by atoms with Gasteiger partial charge in [0.05, 0.1) is 10.6 Å². The normalized spacial score (nSPS) is 10.9. The molecule has 0 aliphatic rings. The fourth-order valence-electron chi connectivity index (χ4n) is 1.86. The molecule has 2 aromatic heterocycles. The summed E-state index contributed by atoms with van der Waals surface area (Å²) in [6, 6.07) is 7.51. The first-order valence-corrected chi connectivity index (χ1v) is 7.70. The van der Waals surface area contributed by atoms with E-state index in [1.807, 2.05) is 38.1 Å². The molecule has 3 rings (SSSR count). The molecule has 1 aromatic carbocycles. The molecule has 0 fully saturated rings. The monoisotopic (exact) mass is 303 g/mol. The predicted molar refractivity (Wildman–Crippen MR) is 85.8 cm³/mol. The van der Waals surface area contributed by atoms with Gasteiger partial charge in [-0.1, -0.05) is 0 Å². The van der Waals surface area contributed by atoms with Crippen molar-refractivity contribution < 1.29 is 4.79 Å². The van der Waals surface area contributed by atoms with Crippen LogP contribution in [0.25, 0.3) is 10.1 Å². The average Bonchev–Trinajstić information content (AvgIpc) is 2.93. The van der Waals surface area contributed by atoms with Crippen LogP contribution in [0.1, 0.15) is 20.2 Å². The van der Waals surface area contributed by atoms with E-state index in [9.17, 15) is 4.79 Å².